The van der Waals surface area contributed by atoms with Gasteiger partial charge in [-0.2, -0.15) is 0 Å². The Hall–Kier alpha value is -4.00. The number of anilines is 4. The number of carbonyl (C=O) groups excluding carboxylic acids is 1. The minimum Gasteiger partial charge on any atom is -1.00 e. The molecule has 1 aliphatic rings. The van der Waals surface area contributed by atoms with Crippen molar-refractivity contribution >= 4 is 51.2 Å². The summed E-state index contributed by atoms with van der Waals surface area (Å²) in [5, 5.41) is 11.6. The highest BCUT2D eigenvalue weighted by molar-refractivity contribution is 6.31. The van der Waals surface area contributed by atoms with Crippen LogP contribution in [0.1, 0.15) is 10.4 Å². The Bertz CT molecular complexity index is 1410. The summed E-state index contributed by atoms with van der Waals surface area (Å²) in [4.78, 5) is 18.0. The summed E-state index contributed by atoms with van der Waals surface area (Å²) in [6.45, 7) is 0. The van der Waals surface area contributed by atoms with Crippen LogP contribution >= 0.6 is 11.6 Å². The maximum Gasteiger partial charge on any atom is 0.255 e. The van der Waals surface area contributed by atoms with Crippen LogP contribution in [-0.4, -0.2) is 24.0 Å². The summed E-state index contributed by atoms with van der Waals surface area (Å²) in [5.41, 5.74) is 5.21. The number of likely N-dealkylation sites (N-methyl/N-ethyl adjacent to an activating group) is 1. The van der Waals surface area contributed by atoms with E-state index in [0.29, 0.717) is 10.6 Å². The fourth-order valence-corrected chi connectivity index (χ4v) is 4.07. The highest BCUT2D eigenvalue weighted by Gasteiger charge is 2.14. The second-order valence-electron chi connectivity index (χ2n) is 8.29. The van der Waals surface area contributed by atoms with Gasteiger partial charge in [-0.1, -0.05) is 23.7 Å². The van der Waals surface area contributed by atoms with Crippen LogP contribution in [0.25, 0.3) is 10.9 Å². The number of rotatable bonds is 6. The number of hydrogen-bond donors (Lipinski definition) is 3. The number of carbonyl (C=O) groups is 1. The summed E-state index contributed by atoms with van der Waals surface area (Å²) in [6.07, 6.45) is 7.56. The van der Waals surface area contributed by atoms with Crippen LogP contribution in [0.15, 0.2) is 108 Å². The van der Waals surface area contributed by atoms with Crippen molar-refractivity contribution in [1.29, 1.82) is 0 Å². The number of para-hydroxylation sites is 1. The number of hydrogen-bond acceptors (Lipinski definition) is 4. The van der Waals surface area contributed by atoms with Gasteiger partial charge in [-0.05, 0) is 66.7 Å². The highest BCUT2D eigenvalue weighted by Crippen LogP contribution is 2.25. The quantitative estimate of drug-likeness (QED) is 0.367. The van der Waals surface area contributed by atoms with Crippen molar-refractivity contribution in [2.24, 2.45) is 0 Å². The number of nitrogens with zero attached hydrogens (tertiary/aromatic N) is 1. The van der Waals surface area contributed by atoms with E-state index in [1.54, 1.807) is 12.1 Å². The van der Waals surface area contributed by atoms with Crippen molar-refractivity contribution in [2.75, 3.05) is 23.0 Å². The van der Waals surface area contributed by atoms with E-state index in [-0.39, 0.29) is 24.5 Å². The molecule has 6 nitrogen and oxygen atoms in total. The van der Waals surface area contributed by atoms with Gasteiger partial charge in [-0.15, -0.1) is 0 Å². The molecule has 4 aromatic rings. The van der Waals surface area contributed by atoms with Gasteiger partial charge >= 0.3 is 0 Å². The molecule has 4 N–H and O–H groups in total. The average molecular weight is 518 g/mol. The lowest BCUT2D eigenvalue weighted by Gasteiger charge is -2.28. The number of halogens is 2. The third-order valence-corrected chi connectivity index (χ3v) is 6.07. The molecule has 1 unspecified atom stereocenters. The first-order chi connectivity index (χ1) is 17.0. The Balaban J connectivity index is 0.00000304. The van der Waals surface area contributed by atoms with Gasteiger partial charge < -0.3 is 33.3 Å². The van der Waals surface area contributed by atoms with E-state index in [4.69, 9.17) is 11.6 Å². The van der Waals surface area contributed by atoms with Crippen LogP contribution in [0.4, 0.5) is 22.7 Å². The molecule has 1 atom stereocenters. The molecule has 8 heteroatoms. The maximum absolute atomic E-state index is 12.7. The van der Waals surface area contributed by atoms with Crippen LogP contribution in [-0.2, 0) is 0 Å². The van der Waals surface area contributed by atoms with Crippen LogP contribution < -0.4 is 33.3 Å². The minimum atomic E-state index is -0.164. The predicted molar refractivity (Wildman–Crippen MR) is 143 cm³/mol. The summed E-state index contributed by atoms with van der Waals surface area (Å²) < 4.78 is 0. The lowest BCUT2D eigenvalue weighted by Crippen LogP contribution is -3.00. The third kappa shape index (κ3) is 5.79. The molecule has 2 heterocycles. The Morgan fingerprint density at radius 3 is 2.39 bits per heavy atom. The van der Waals surface area contributed by atoms with Gasteiger partial charge in [0.15, 0.2) is 6.20 Å². The standard InChI is InChI=1S/C28H24ClN5O.ClH/c1-34-17-15-20(29)18-27(34)32-22-8-6-19(7-9-22)28(35)33-23-12-10-21(11-13-23)31-26-14-16-30-25-5-3-2-4-24(25)26;/h2-18,27,32H,1H3,(H,30,31)(H,33,35);1H. The molecule has 182 valence electrons. The molecular formula is C28H25Cl2N5O. The largest absolute Gasteiger partial charge is 1.00 e. The number of fused-ring (bicyclic) bond motifs is 1. The van der Waals surface area contributed by atoms with E-state index in [2.05, 4.69) is 27.0 Å². The molecule has 1 amide bonds. The van der Waals surface area contributed by atoms with Crippen LogP contribution in [0.2, 0.25) is 0 Å². The Morgan fingerprint density at radius 1 is 0.917 bits per heavy atom. The number of amides is 1. The highest BCUT2D eigenvalue weighted by atomic mass is 35.5. The Morgan fingerprint density at radius 2 is 1.61 bits per heavy atom. The summed E-state index contributed by atoms with van der Waals surface area (Å²) in [7, 11) is 1.97. The molecule has 0 saturated carbocycles. The molecule has 0 saturated heterocycles. The van der Waals surface area contributed by atoms with Crippen LogP contribution in [0.3, 0.4) is 0 Å². The topological polar surface area (TPSA) is 70.5 Å². The molecule has 0 spiro atoms. The minimum absolute atomic E-state index is 0. The number of nitrogens with one attached hydrogen (secondary N) is 4. The molecule has 0 aliphatic carbocycles. The second kappa shape index (κ2) is 11.2. The first-order valence-electron chi connectivity index (χ1n) is 11.3. The molecular weight excluding hydrogens is 493 g/mol. The zero-order valence-corrected chi connectivity index (χ0v) is 21.0. The van der Waals surface area contributed by atoms with Crippen molar-refractivity contribution in [2.45, 2.75) is 6.17 Å². The van der Waals surface area contributed by atoms with Crippen LogP contribution in [0, 0.1) is 0 Å². The fourth-order valence-electron chi connectivity index (χ4n) is 3.89. The van der Waals surface area contributed by atoms with Gasteiger partial charge in [0.1, 0.15) is 6.17 Å². The smallest absolute Gasteiger partial charge is 0.255 e. The number of benzene rings is 3. The van der Waals surface area contributed by atoms with Gasteiger partial charge in [0.25, 0.3) is 5.91 Å². The zero-order chi connectivity index (χ0) is 24.2. The van der Waals surface area contributed by atoms with Gasteiger partial charge in [0.05, 0.1) is 11.1 Å². The van der Waals surface area contributed by atoms with E-state index in [9.17, 15) is 4.79 Å². The van der Waals surface area contributed by atoms with Crippen molar-refractivity contribution in [3.05, 3.63) is 114 Å². The predicted octanol–water partition coefficient (Wildman–Crippen LogP) is 2.97. The number of aromatic amines is 1. The maximum atomic E-state index is 12.7. The zero-order valence-electron chi connectivity index (χ0n) is 19.5. The van der Waals surface area contributed by atoms with Crippen molar-refractivity contribution in [3.63, 3.8) is 0 Å². The summed E-state index contributed by atoms with van der Waals surface area (Å²) >= 11 is 6.11. The second-order valence-corrected chi connectivity index (χ2v) is 8.73. The molecule has 1 aromatic heterocycles. The number of H-pyrrole nitrogens is 1. The number of aromatic nitrogens is 1. The van der Waals surface area contributed by atoms with Gasteiger partial charge in [0, 0.05) is 53.0 Å². The molecule has 3 aromatic carbocycles. The van der Waals surface area contributed by atoms with E-state index in [1.165, 1.54) is 0 Å². The first kappa shape index (κ1) is 25.1. The normalized spacial score (nSPS) is 14.6. The summed E-state index contributed by atoms with van der Waals surface area (Å²) in [6, 6.07) is 25.2. The summed E-state index contributed by atoms with van der Waals surface area (Å²) in [5.74, 6) is -0.164. The molecule has 36 heavy (non-hydrogen) atoms. The van der Waals surface area contributed by atoms with E-state index >= 15 is 0 Å². The van der Waals surface area contributed by atoms with Gasteiger partial charge in [-0.3, -0.25) is 4.79 Å². The molecule has 1 aliphatic heterocycles. The third-order valence-electron chi connectivity index (χ3n) is 5.81. The lowest BCUT2D eigenvalue weighted by atomic mass is 10.1. The Kier molecular flexibility index (Phi) is 7.78. The van der Waals surface area contributed by atoms with Crippen molar-refractivity contribution < 1.29 is 22.2 Å². The number of allylic oxidation sites excluding steroid dienone is 2. The van der Waals surface area contributed by atoms with Crippen LogP contribution in [0.5, 0.6) is 0 Å². The SMILES string of the molecule is CN1C=CC(Cl)=CC1Nc1ccc(C(=O)Nc2ccc(Nc3cc[nH+]c4ccccc34)cc2)cc1.[Cl-]. The van der Waals surface area contributed by atoms with Crippen molar-refractivity contribution in [3.8, 4) is 0 Å². The molecule has 0 radical (unpaired) electrons. The van der Waals surface area contributed by atoms with E-state index in [0.717, 1.165) is 33.7 Å². The average Bonchev–Trinajstić information content (AvgIpc) is 2.88. The van der Waals surface area contributed by atoms with Crippen molar-refractivity contribution in [1.82, 2.24) is 4.90 Å². The monoisotopic (exact) mass is 517 g/mol. The first-order valence-corrected chi connectivity index (χ1v) is 11.6. The van der Waals surface area contributed by atoms with Gasteiger partial charge in [-0.25, -0.2) is 4.98 Å². The Labute approximate surface area is 221 Å². The van der Waals surface area contributed by atoms with E-state index in [1.807, 2.05) is 97.2 Å². The van der Waals surface area contributed by atoms with Gasteiger partial charge in [0.2, 0.25) is 5.52 Å². The molecule has 0 fully saturated rings. The lowest BCUT2D eigenvalue weighted by molar-refractivity contribution is -0.344. The molecule has 5 rings (SSSR count). The number of pyridine rings is 1. The fraction of sp³-hybridized carbons (Fsp3) is 0.0714. The van der Waals surface area contributed by atoms with E-state index < -0.39 is 0 Å². The molecule has 0 bridgehead atoms.